The Labute approximate surface area is 93.9 Å². The lowest BCUT2D eigenvalue weighted by molar-refractivity contribution is 0.0153. The minimum Gasteiger partial charge on any atom is -0.378 e. The van der Waals surface area contributed by atoms with Crippen LogP contribution in [0.4, 0.5) is 0 Å². The maximum atomic E-state index is 5.60. The second-order valence-corrected chi connectivity index (χ2v) is 4.11. The van der Waals surface area contributed by atoms with Crippen LogP contribution in [-0.2, 0) is 17.6 Å². The highest BCUT2D eigenvalue weighted by molar-refractivity contribution is 6.17. The largest absolute Gasteiger partial charge is 0.378 e. The summed E-state index contributed by atoms with van der Waals surface area (Å²) in [5, 5.41) is 3.90. The molecule has 1 fully saturated rings. The summed E-state index contributed by atoms with van der Waals surface area (Å²) in [6.45, 7) is 0.858. The molecule has 1 aromatic heterocycles. The first-order valence-electron chi connectivity index (χ1n) is 5.37. The van der Waals surface area contributed by atoms with Crippen molar-refractivity contribution in [2.75, 3.05) is 12.5 Å². The predicted octanol–water partition coefficient (Wildman–Crippen LogP) is 1.96. The van der Waals surface area contributed by atoms with Gasteiger partial charge in [0.25, 0.3) is 0 Å². The Kier molecular flexibility index (Phi) is 3.97. The van der Waals surface area contributed by atoms with Gasteiger partial charge in [0, 0.05) is 25.3 Å². The Hall–Kier alpha value is -0.610. The van der Waals surface area contributed by atoms with Crippen molar-refractivity contribution in [1.82, 2.24) is 10.1 Å². The van der Waals surface area contributed by atoms with Gasteiger partial charge in [0.05, 0.1) is 6.10 Å². The van der Waals surface area contributed by atoms with Crippen LogP contribution < -0.4 is 0 Å². The summed E-state index contributed by atoms with van der Waals surface area (Å²) in [4.78, 5) is 4.25. The molecule has 1 unspecified atom stereocenters. The van der Waals surface area contributed by atoms with Crippen LogP contribution in [0.1, 0.15) is 31.0 Å². The maximum Gasteiger partial charge on any atom is 0.227 e. The lowest BCUT2D eigenvalue weighted by Gasteiger charge is -2.20. The highest BCUT2D eigenvalue weighted by atomic mass is 35.5. The van der Waals surface area contributed by atoms with E-state index in [1.54, 1.807) is 0 Å². The van der Waals surface area contributed by atoms with Gasteiger partial charge < -0.3 is 9.26 Å². The van der Waals surface area contributed by atoms with E-state index < -0.39 is 0 Å². The molecule has 4 nitrogen and oxygen atoms in total. The molecule has 1 aromatic rings. The molecule has 0 amide bonds. The number of ether oxygens (including phenoxy) is 1. The van der Waals surface area contributed by atoms with Gasteiger partial charge in [-0.05, 0) is 19.3 Å². The topological polar surface area (TPSA) is 48.2 Å². The Bertz CT molecular complexity index is 297. The molecule has 0 spiro atoms. The van der Waals surface area contributed by atoms with Gasteiger partial charge in [0.2, 0.25) is 5.89 Å². The van der Waals surface area contributed by atoms with Crippen LogP contribution in [-0.4, -0.2) is 28.7 Å². The molecule has 0 radical (unpaired) electrons. The van der Waals surface area contributed by atoms with Crippen molar-refractivity contribution in [1.29, 1.82) is 0 Å². The number of halogens is 1. The van der Waals surface area contributed by atoms with Crippen LogP contribution in [0.2, 0.25) is 0 Å². The summed E-state index contributed by atoms with van der Waals surface area (Å²) < 4.78 is 10.6. The number of alkyl halides is 1. The van der Waals surface area contributed by atoms with Crippen molar-refractivity contribution < 1.29 is 9.26 Å². The second-order valence-electron chi connectivity index (χ2n) is 3.74. The van der Waals surface area contributed by atoms with Crippen molar-refractivity contribution in [2.24, 2.45) is 0 Å². The smallest absolute Gasteiger partial charge is 0.227 e. The SMILES string of the molecule is ClCCc1nc(CC2CCCCO2)no1. The molecular formula is C10H15ClN2O2. The highest BCUT2D eigenvalue weighted by Crippen LogP contribution is 2.16. The van der Waals surface area contributed by atoms with Gasteiger partial charge in [-0.2, -0.15) is 4.98 Å². The average molecular weight is 231 g/mol. The second kappa shape index (κ2) is 5.47. The normalized spacial score (nSPS) is 21.8. The molecule has 84 valence electrons. The van der Waals surface area contributed by atoms with Crippen LogP contribution >= 0.6 is 11.6 Å². The molecule has 0 aromatic carbocycles. The zero-order chi connectivity index (χ0) is 10.5. The van der Waals surface area contributed by atoms with Crippen LogP contribution in [0.15, 0.2) is 4.52 Å². The molecule has 2 rings (SSSR count). The minimum absolute atomic E-state index is 0.264. The third-order valence-corrected chi connectivity index (χ3v) is 2.69. The number of rotatable bonds is 4. The third-order valence-electron chi connectivity index (χ3n) is 2.50. The number of aromatic nitrogens is 2. The van der Waals surface area contributed by atoms with Crippen molar-refractivity contribution >= 4 is 11.6 Å². The Morgan fingerprint density at radius 1 is 1.40 bits per heavy atom. The van der Waals surface area contributed by atoms with Gasteiger partial charge in [-0.15, -0.1) is 11.6 Å². The Morgan fingerprint density at radius 3 is 3.07 bits per heavy atom. The zero-order valence-electron chi connectivity index (χ0n) is 8.62. The molecule has 1 atom stereocenters. The maximum absolute atomic E-state index is 5.60. The third kappa shape index (κ3) is 3.18. The number of nitrogens with zero attached hydrogens (tertiary/aromatic N) is 2. The average Bonchev–Trinajstić information content (AvgIpc) is 2.68. The van der Waals surface area contributed by atoms with Crippen LogP contribution in [0.25, 0.3) is 0 Å². The van der Waals surface area contributed by atoms with E-state index in [1.807, 2.05) is 0 Å². The quantitative estimate of drug-likeness (QED) is 0.742. The van der Waals surface area contributed by atoms with Gasteiger partial charge in [-0.1, -0.05) is 5.16 Å². The summed E-state index contributed by atoms with van der Waals surface area (Å²) in [6, 6.07) is 0. The summed E-state index contributed by atoms with van der Waals surface area (Å²) in [6.07, 6.45) is 5.16. The first-order chi connectivity index (χ1) is 7.38. The molecule has 0 aliphatic carbocycles. The van der Waals surface area contributed by atoms with E-state index in [4.69, 9.17) is 20.9 Å². The fourth-order valence-electron chi connectivity index (χ4n) is 1.73. The standard InChI is InChI=1S/C10H15ClN2O2/c11-5-4-10-12-9(13-15-10)7-8-3-1-2-6-14-8/h8H,1-7H2. The monoisotopic (exact) mass is 230 g/mol. The van der Waals surface area contributed by atoms with E-state index in [2.05, 4.69) is 10.1 Å². The molecule has 0 saturated carbocycles. The van der Waals surface area contributed by atoms with Crippen molar-refractivity contribution in [3.63, 3.8) is 0 Å². The van der Waals surface area contributed by atoms with E-state index in [0.29, 0.717) is 18.2 Å². The summed E-state index contributed by atoms with van der Waals surface area (Å²) in [7, 11) is 0. The first kappa shape index (κ1) is 10.9. The molecule has 1 saturated heterocycles. The van der Waals surface area contributed by atoms with Gasteiger partial charge in [0.1, 0.15) is 0 Å². The summed E-state index contributed by atoms with van der Waals surface area (Å²) in [5.41, 5.74) is 0. The summed E-state index contributed by atoms with van der Waals surface area (Å²) in [5.74, 6) is 1.87. The number of hydrogen-bond donors (Lipinski definition) is 0. The molecule has 15 heavy (non-hydrogen) atoms. The van der Waals surface area contributed by atoms with E-state index in [9.17, 15) is 0 Å². The molecule has 1 aliphatic heterocycles. The van der Waals surface area contributed by atoms with Crippen molar-refractivity contribution in [3.8, 4) is 0 Å². The van der Waals surface area contributed by atoms with Crippen molar-refractivity contribution in [3.05, 3.63) is 11.7 Å². The molecule has 5 heteroatoms. The number of aryl methyl sites for hydroxylation is 1. The first-order valence-corrected chi connectivity index (χ1v) is 5.91. The molecule has 0 N–H and O–H groups in total. The van der Waals surface area contributed by atoms with Crippen LogP contribution in [0.5, 0.6) is 0 Å². The fourth-order valence-corrected chi connectivity index (χ4v) is 1.89. The Balaban J connectivity index is 1.86. The van der Waals surface area contributed by atoms with Gasteiger partial charge in [0.15, 0.2) is 5.82 Å². The fraction of sp³-hybridized carbons (Fsp3) is 0.800. The number of hydrogen-bond acceptors (Lipinski definition) is 4. The van der Waals surface area contributed by atoms with E-state index in [0.717, 1.165) is 25.3 Å². The van der Waals surface area contributed by atoms with Gasteiger partial charge in [-0.3, -0.25) is 0 Å². The minimum atomic E-state index is 0.264. The predicted molar refractivity (Wildman–Crippen MR) is 56.0 cm³/mol. The van der Waals surface area contributed by atoms with Crippen molar-refractivity contribution in [2.45, 2.75) is 38.2 Å². The molecule has 0 bridgehead atoms. The van der Waals surface area contributed by atoms with Gasteiger partial charge in [-0.25, -0.2) is 0 Å². The lowest BCUT2D eigenvalue weighted by atomic mass is 10.1. The zero-order valence-corrected chi connectivity index (χ0v) is 9.37. The molecular weight excluding hydrogens is 216 g/mol. The lowest BCUT2D eigenvalue weighted by Crippen LogP contribution is -2.21. The van der Waals surface area contributed by atoms with Gasteiger partial charge >= 0.3 is 0 Å². The van der Waals surface area contributed by atoms with E-state index in [1.165, 1.54) is 12.8 Å². The van der Waals surface area contributed by atoms with Crippen LogP contribution in [0.3, 0.4) is 0 Å². The summed E-state index contributed by atoms with van der Waals surface area (Å²) >= 11 is 5.58. The Morgan fingerprint density at radius 2 is 2.33 bits per heavy atom. The molecule has 1 aliphatic rings. The van der Waals surface area contributed by atoms with Crippen LogP contribution in [0, 0.1) is 0 Å². The van der Waals surface area contributed by atoms with E-state index >= 15 is 0 Å². The highest BCUT2D eigenvalue weighted by Gasteiger charge is 2.17. The van der Waals surface area contributed by atoms with E-state index in [-0.39, 0.29) is 6.10 Å². The molecule has 2 heterocycles.